The Labute approximate surface area is 240 Å². The van der Waals surface area contributed by atoms with E-state index in [0.717, 1.165) is 35.7 Å². The summed E-state index contributed by atoms with van der Waals surface area (Å²) in [5.74, 6) is 1.25. The van der Waals surface area contributed by atoms with Crippen LogP contribution < -0.4 is 11.1 Å². The van der Waals surface area contributed by atoms with E-state index in [2.05, 4.69) is 4.90 Å². The van der Waals surface area contributed by atoms with E-state index in [1.54, 1.807) is 12.1 Å². The molecule has 6 atom stereocenters. The summed E-state index contributed by atoms with van der Waals surface area (Å²) in [5.41, 5.74) is 1.54. The molecule has 0 N–H and O–H groups in total. The van der Waals surface area contributed by atoms with Crippen LogP contribution in [0.15, 0.2) is 52.1 Å². The standard InChI is InChI=1S/C33H40N4O4/c1-41-31(39)20-35-29(13-6-14-30(35)38)32-33(40)37(28-12-3-2-11-27(28)34-32)26-18-23-9-5-10-24(19-26)36(23)25-16-21-7-4-8-22(15-21)17-25/h2-3,6,11-14,21-26H,4-5,7-10,15-20H2,1H3/t21-,22+,23-,24+,25+,26+. The number of nitrogens with zero attached hydrogens (tertiary/aromatic N) is 4. The molecule has 0 amide bonds. The molecule has 4 aliphatic rings. The van der Waals surface area contributed by atoms with Crippen LogP contribution in [0, 0.1) is 11.8 Å². The van der Waals surface area contributed by atoms with Crippen LogP contribution >= 0.6 is 0 Å². The first-order valence-electron chi connectivity index (χ1n) is 15.6. The van der Waals surface area contributed by atoms with E-state index in [4.69, 9.17) is 9.72 Å². The van der Waals surface area contributed by atoms with Crippen molar-refractivity contribution in [2.75, 3.05) is 7.11 Å². The molecule has 2 aromatic heterocycles. The first-order valence-corrected chi connectivity index (χ1v) is 15.6. The molecule has 1 aromatic carbocycles. The summed E-state index contributed by atoms with van der Waals surface area (Å²) in [7, 11) is 1.29. The normalized spacial score (nSPS) is 29.8. The predicted octanol–water partition coefficient (Wildman–Crippen LogP) is 4.93. The van der Waals surface area contributed by atoms with E-state index < -0.39 is 5.97 Å². The number of aromatic nitrogens is 3. The number of methoxy groups -OCH3 is 1. The maximum atomic E-state index is 14.4. The van der Waals surface area contributed by atoms with Gasteiger partial charge in [-0.15, -0.1) is 0 Å². The zero-order valence-electron chi connectivity index (χ0n) is 23.9. The monoisotopic (exact) mass is 556 g/mol. The summed E-state index contributed by atoms with van der Waals surface area (Å²) in [4.78, 5) is 47.1. The first-order chi connectivity index (χ1) is 20.0. The van der Waals surface area contributed by atoms with Gasteiger partial charge in [0.25, 0.3) is 11.1 Å². The number of esters is 1. The maximum Gasteiger partial charge on any atom is 0.325 e. The molecule has 216 valence electrons. The Bertz CT molecular complexity index is 1550. The van der Waals surface area contributed by atoms with Crippen LogP contribution in [0.25, 0.3) is 22.4 Å². The highest BCUT2D eigenvalue weighted by molar-refractivity contribution is 5.78. The second-order valence-electron chi connectivity index (χ2n) is 12.9. The number of fused-ring (bicyclic) bond motifs is 5. The molecule has 2 saturated carbocycles. The van der Waals surface area contributed by atoms with Crippen molar-refractivity contribution in [3.05, 3.63) is 63.2 Å². The van der Waals surface area contributed by atoms with Gasteiger partial charge in [0, 0.05) is 30.2 Å². The topological polar surface area (TPSA) is 86.4 Å². The number of benzene rings is 1. The maximum absolute atomic E-state index is 14.4. The van der Waals surface area contributed by atoms with Crippen molar-refractivity contribution in [3.63, 3.8) is 0 Å². The van der Waals surface area contributed by atoms with Gasteiger partial charge in [0.15, 0.2) is 5.69 Å². The van der Waals surface area contributed by atoms with Gasteiger partial charge in [-0.2, -0.15) is 0 Å². The molecular formula is C33H40N4O4. The van der Waals surface area contributed by atoms with Gasteiger partial charge in [-0.05, 0) is 75.0 Å². The number of ether oxygens (including phenoxy) is 1. The molecule has 4 bridgehead atoms. The molecule has 41 heavy (non-hydrogen) atoms. The Hall–Kier alpha value is -3.26. The predicted molar refractivity (Wildman–Crippen MR) is 158 cm³/mol. The molecule has 0 spiro atoms. The van der Waals surface area contributed by atoms with Crippen molar-refractivity contribution < 1.29 is 9.53 Å². The Morgan fingerprint density at radius 3 is 2.27 bits per heavy atom. The number of piperidine rings is 2. The third kappa shape index (κ3) is 4.84. The molecule has 8 heteroatoms. The minimum Gasteiger partial charge on any atom is -0.468 e. The summed E-state index contributed by atoms with van der Waals surface area (Å²) in [5, 5.41) is 0. The van der Waals surface area contributed by atoms with Gasteiger partial charge in [0.05, 0.1) is 23.8 Å². The zero-order valence-corrected chi connectivity index (χ0v) is 23.9. The molecule has 2 aliphatic carbocycles. The zero-order chi connectivity index (χ0) is 28.1. The van der Waals surface area contributed by atoms with Gasteiger partial charge in [-0.1, -0.05) is 43.9 Å². The van der Waals surface area contributed by atoms with Crippen molar-refractivity contribution in [1.29, 1.82) is 0 Å². The molecule has 4 heterocycles. The van der Waals surface area contributed by atoms with Crippen molar-refractivity contribution in [1.82, 2.24) is 19.0 Å². The summed E-state index contributed by atoms with van der Waals surface area (Å²) in [6.07, 6.45) is 13.9. The van der Waals surface area contributed by atoms with Crippen LogP contribution in [-0.4, -0.2) is 50.2 Å². The fraction of sp³-hybridized carbons (Fsp3) is 0.576. The fourth-order valence-corrected chi connectivity index (χ4v) is 8.90. The smallest absolute Gasteiger partial charge is 0.325 e. The van der Waals surface area contributed by atoms with Gasteiger partial charge < -0.3 is 9.30 Å². The Morgan fingerprint density at radius 2 is 1.54 bits per heavy atom. The van der Waals surface area contributed by atoms with E-state index >= 15 is 0 Å². The summed E-state index contributed by atoms with van der Waals surface area (Å²) >= 11 is 0. The number of hydrogen-bond acceptors (Lipinski definition) is 6. The molecule has 7 rings (SSSR count). The minimum atomic E-state index is -0.548. The average molecular weight is 557 g/mol. The Balaban J connectivity index is 1.28. The Morgan fingerprint density at radius 1 is 0.829 bits per heavy atom. The highest BCUT2D eigenvalue weighted by atomic mass is 16.5. The van der Waals surface area contributed by atoms with Crippen LogP contribution in [0.4, 0.5) is 0 Å². The third-order valence-electron chi connectivity index (χ3n) is 10.5. The van der Waals surface area contributed by atoms with Gasteiger partial charge in [-0.3, -0.25) is 23.9 Å². The van der Waals surface area contributed by atoms with E-state index in [1.807, 2.05) is 28.8 Å². The lowest BCUT2D eigenvalue weighted by Crippen LogP contribution is -2.58. The van der Waals surface area contributed by atoms with Gasteiger partial charge in [0.2, 0.25) is 0 Å². The summed E-state index contributed by atoms with van der Waals surface area (Å²) in [6, 6.07) is 14.3. The molecule has 0 radical (unpaired) electrons. The summed E-state index contributed by atoms with van der Waals surface area (Å²) in [6.45, 7) is -0.272. The van der Waals surface area contributed by atoms with E-state index in [1.165, 1.54) is 75.5 Å². The second-order valence-corrected chi connectivity index (χ2v) is 12.9. The molecule has 8 nitrogen and oxygen atoms in total. The molecule has 4 fully saturated rings. The van der Waals surface area contributed by atoms with Crippen molar-refractivity contribution >= 4 is 17.0 Å². The largest absolute Gasteiger partial charge is 0.468 e. The number of pyridine rings is 1. The van der Waals surface area contributed by atoms with Crippen LogP contribution in [0.2, 0.25) is 0 Å². The highest BCUT2D eigenvalue weighted by Crippen LogP contribution is 2.47. The molecule has 0 unspecified atom stereocenters. The lowest BCUT2D eigenvalue weighted by molar-refractivity contribution is -0.141. The van der Waals surface area contributed by atoms with Crippen LogP contribution in [0.3, 0.4) is 0 Å². The van der Waals surface area contributed by atoms with Gasteiger partial charge in [0.1, 0.15) is 6.54 Å². The summed E-state index contributed by atoms with van der Waals surface area (Å²) < 4.78 is 8.10. The minimum absolute atomic E-state index is 0.0632. The molecule has 2 saturated heterocycles. The molecule has 3 aromatic rings. The van der Waals surface area contributed by atoms with Crippen LogP contribution in [0.1, 0.15) is 76.7 Å². The quantitative estimate of drug-likeness (QED) is 0.415. The van der Waals surface area contributed by atoms with E-state index in [0.29, 0.717) is 23.8 Å². The van der Waals surface area contributed by atoms with Crippen molar-refractivity contribution in [2.24, 2.45) is 11.8 Å². The Kier molecular flexibility index (Phi) is 7.05. The van der Waals surface area contributed by atoms with Gasteiger partial charge >= 0.3 is 5.97 Å². The SMILES string of the molecule is COC(=O)Cn1c(-c2nc3ccccc3n([C@H]3C[C@H]4CCC[C@@H](C3)N4[C@H]3C[C@@H]4CCC[C@@H](C4)C3)c2=O)cccc1=O. The van der Waals surface area contributed by atoms with E-state index in [-0.39, 0.29) is 29.4 Å². The molecular weight excluding hydrogens is 516 g/mol. The van der Waals surface area contributed by atoms with E-state index in [9.17, 15) is 14.4 Å². The number of hydrogen-bond donors (Lipinski definition) is 0. The first kappa shape index (κ1) is 26.6. The average Bonchev–Trinajstić information content (AvgIpc) is 2.97. The van der Waals surface area contributed by atoms with Crippen molar-refractivity contribution in [2.45, 2.75) is 101 Å². The van der Waals surface area contributed by atoms with Crippen LogP contribution in [-0.2, 0) is 16.1 Å². The third-order valence-corrected chi connectivity index (χ3v) is 10.5. The lowest BCUT2D eigenvalue weighted by atomic mass is 9.68. The fourth-order valence-electron chi connectivity index (χ4n) is 8.90. The van der Waals surface area contributed by atoms with Crippen molar-refractivity contribution in [3.8, 4) is 11.4 Å². The second kappa shape index (κ2) is 10.9. The van der Waals surface area contributed by atoms with Gasteiger partial charge in [-0.25, -0.2) is 4.98 Å². The lowest BCUT2D eigenvalue weighted by Gasteiger charge is -2.55. The molecule has 2 aliphatic heterocycles. The number of rotatable bonds is 5. The number of carbonyl (C=O) groups is 1. The number of carbonyl (C=O) groups excluding carboxylic acids is 1. The highest BCUT2D eigenvalue weighted by Gasteiger charge is 2.45. The van der Waals surface area contributed by atoms with Crippen LogP contribution in [0.5, 0.6) is 0 Å². The number of para-hydroxylation sites is 2.